The van der Waals surface area contributed by atoms with Gasteiger partial charge in [0.05, 0.1) is 50.8 Å². The minimum atomic E-state index is -0.507. The number of carbonyl (C=O) groups excluding carboxylic acids is 2. The Morgan fingerprint density at radius 1 is 0.842 bits per heavy atom. The van der Waals surface area contributed by atoms with Gasteiger partial charge in [0.1, 0.15) is 5.78 Å². The lowest BCUT2D eigenvalue weighted by molar-refractivity contribution is -0.119. The molecule has 0 bridgehead atoms. The van der Waals surface area contributed by atoms with Crippen LogP contribution in [0.5, 0.6) is 23.0 Å². The highest BCUT2D eigenvalue weighted by Gasteiger charge is 2.36. The van der Waals surface area contributed by atoms with Gasteiger partial charge in [0, 0.05) is 23.1 Å². The van der Waals surface area contributed by atoms with Crippen molar-refractivity contribution in [2.45, 2.75) is 18.8 Å². The van der Waals surface area contributed by atoms with Crippen molar-refractivity contribution in [1.29, 1.82) is 0 Å². The summed E-state index contributed by atoms with van der Waals surface area (Å²) >= 11 is 16.2. The highest BCUT2D eigenvalue weighted by molar-refractivity contribution is 9.10. The predicted octanol–water partition coefficient (Wildman–Crippen LogP) is 6.28. The number of benzene rings is 3. The lowest BCUT2D eigenvalue weighted by Crippen LogP contribution is -2.32. The fourth-order valence-electron chi connectivity index (χ4n) is 4.68. The van der Waals surface area contributed by atoms with Crippen LogP contribution < -0.4 is 23.8 Å². The van der Waals surface area contributed by atoms with E-state index in [1.54, 1.807) is 29.2 Å². The van der Waals surface area contributed by atoms with Crippen molar-refractivity contribution in [2.75, 3.05) is 39.9 Å². The number of ketones is 1. The van der Waals surface area contributed by atoms with Crippen LogP contribution in [0.25, 0.3) is 0 Å². The van der Waals surface area contributed by atoms with Crippen LogP contribution in [0.3, 0.4) is 0 Å². The van der Waals surface area contributed by atoms with Crippen LogP contribution in [0.15, 0.2) is 46.9 Å². The average Bonchev–Trinajstić information content (AvgIpc) is 3.26. The maximum absolute atomic E-state index is 13.6. The van der Waals surface area contributed by atoms with Crippen LogP contribution in [0, 0.1) is 0 Å². The van der Waals surface area contributed by atoms with Gasteiger partial charge < -0.3 is 23.8 Å². The molecule has 38 heavy (non-hydrogen) atoms. The summed E-state index contributed by atoms with van der Waals surface area (Å²) in [6.07, 6.45) is 0.186. The number of halogens is 3. The van der Waals surface area contributed by atoms with E-state index in [2.05, 4.69) is 15.9 Å². The van der Waals surface area contributed by atoms with E-state index >= 15 is 0 Å². The smallest absolute Gasteiger partial charge is 0.231 e. The summed E-state index contributed by atoms with van der Waals surface area (Å²) in [5.41, 5.74) is 2.85. The molecule has 0 aliphatic carbocycles. The summed E-state index contributed by atoms with van der Waals surface area (Å²) in [4.78, 5) is 28.7. The summed E-state index contributed by atoms with van der Waals surface area (Å²) in [6.45, 7) is 0.228. The van der Waals surface area contributed by atoms with Crippen molar-refractivity contribution in [3.8, 4) is 23.0 Å². The molecule has 0 N–H and O–H groups in total. The quantitative estimate of drug-likeness (QED) is 0.280. The average molecular weight is 623 g/mol. The van der Waals surface area contributed by atoms with Crippen LogP contribution in [0.2, 0.25) is 10.0 Å². The maximum Gasteiger partial charge on any atom is 0.231 e. The van der Waals surface area contributed by atoms with Crippen LogP contribution in [-0.4, -0.2) is 46.7 Å². The van der Waals surface area contributed by atoms with Crippen LogP contribution >= 0.6 is 39.1 Å². The fraction of sp³-hybridized carbons (Fsp3) is 0.286. The standard InChI is InChI=1S/C28H26BrCl2NO6/c1-35-24-10-15(7-20(30)27(24)37-3)9-23(33)19-14-32(22-6-5-17(29)13-18(19)22)26(34)12-16-8-21(31)28(38-4)25(11-16)36-2/h5-8,10-11,13,19H,9,12,14H2,1-4H3/t19-/m0/s1. The Bertz CT molecular complexity index is 1400. The van der Waals surface area contributed by atoms with Gasteiger partial charge >= 0.3 is 0 Å². The predicted molar refractivity (Wildman–Crippen MR) is 151 cm³/mol. The molecule has 0 radical (unpaired) electrons. The Morgan fingerprint density at radius 3 is 1.92 bits per heavy atom. The van der Waals surface area contributed by atoms with Crippen molar-refractivity contribution < 1.29 is 28.5 Å². The number of Topliss-reactive ketones (excluding diaryl/α,β-unsaturated/α-hetero) is 1. The molecule has 7 nitrogen and oxygen atoms in total. The molecule has 1 atom stereocenters. The Labute approximate surface area is 239 Å². The molecule has 1 aliphatic heterocycles. The number of carbonyl (C=O) groups is 2. The van der Waals surface area contributed by atoms with Crippen molar-refractivity contribution >= 4 is 56.5 Å². The molecule has 0 spiro atoms. The van der Waals surface area contributed by atoms with E-state index in [4.69, 9.17) is 42.1 Å². The Hall–Kier alpha value is -2.94. The highest BCUT2D eigenvalue weighted by atomic mass is 79.9. The van der Waals surface area contributed by atoms with Crippen molar-refractivity contribution in [2.24, 2.45) is 0 Å². The largest absolute Gasteiger partial charge is 0.493 e. The summed E-state index contributed by atoms with van der Waals surface area (Å²) in [6, 6.07) is 12.4. The zero-order valence-electron chi connectivity index (χ0n) is 21.3. The van der Waals surface area contributed by atoms with Gasteiger partial charge in [-0.25, -0.2) is 0 Å². The van der Waals surface area contributed by atoms with Gasteiger partial charge in [0.25, 0.3) is 0 Å². The van der Waals surface area contributed by atoms with Gasteiger partial charge in [-0.1, -0.05) is 39.1 Å². The number of nitrogens with zero attached hydrogens (tertiary/aromatic N) is 1. The number of hydrogen-bond donors (Lipinski definition) is 0. The fourth-order valence-corrected chi connectivity index (χ4v) is 5.68. The summed E-state index contributed by atoms with van der Waals surface area (Å²) in [7, 11) is 6.03. The first-order valence-electron chi connectivity index (χ1n) is 11.6. The van der Waals surface area contributed by atoms with E-state index in [9.17, 15) is 9.59 Å². The Kier molecular flexibility index (Phi) is 8.75. The minimum Gasteiger partial charge on any atom is -0.493 e. The number of methoxy groups -OCH3 is 4. The molecular formula is C28H26BrCl2NO6. The first kappa shape index (κ1) is 28.1. The number of fused-ring (bicyclic) bond motifs is 1. The number of ether oxygens (including phenoxy) is 4. The Balaban J connectivity index is 1.60. The van der Waals surface area contributed by atoms with E-state index in [-0.39, 0.29) is 31.1 Å². The van der Waals surface area contributed by atoms with Gasteiger partial charge in [-0.15, -0.1) is 0 Å². The van der Waals surface area contributed by atoms with Gasteiger partial charge in [0.15, 0.2) is 23.0 Å². The van der Waals surface area contributed by atoms with E-state index in [0.717, 1.165) is 10.0 Å². The van der Waals surface area contributed by atoms with E-state index < -0.39 is 5.92 Å². The van der Waals surface area contributed by atoms with E-state index in [1.807, 2.05) is 18.2 Å². The monoisotopic (exact) mass is 621 g/mol. The SMILES string of the molecule is COc1cc(CC(=O)[C@H]2CN(C(=O)Cc3cc(Cl)c(OC)c(OC)c3)c3ccc(Br)cc32)cc(Cl)c1OC. The molecular weight excluding hydrogens is 597 g/mol. The molecule has 0 unspecified atom stereocenters. The molecule has 4 rings (SSSR count). The van der Waals surface area contributed by atoms with E-state index in [0.29, 0.717) is 49.9 Å². The normalized spacial score (nSPS) is 14.2. The van der Waals surface area contributed by atoms with Gasteiger partial charge in [-0.05, 0) is 59.2 Å². The lowest BCUT2D eigenvalue weighted by Gasteiger charge is -2.19. The molecule has 3 aromatic rings. The van der Waals surface area contributed by atoms with E-state index in [1.165, 1.54) is 28.4 Å². The van der Waals surface area contributed by atoms with Crippen molar-refractivity contribution in [3.05, 3.63) is 73.7 Å². The van der Waals surface area contributed by atoms with Crippen LogP contribution in [-0.2, 0) is 22.4 Å². The molecule has 0 saturated carbocycles. The third kappa shape index (κ3) is 5.58. The third-order valence-corrected chi connectivity index (χ3v) is 7.49. The molecule has 0 fully saturated rings. The molecule has 200 valence electrons. The molecule has 0 saturated heterocycles. The topological polar surface area (TPSA) is 74.3 Å². The second-order valence-corrected chi connectivity index (χ2v) is 10.4. The molecule has 3 aromatic carbocycles. The number of amides is 1. The van der Waals surface area contributed by atoms with Gasteiger partial charge in [0.2, 0.25) is 5.91 Å². The molecule has 1 amide bonds. The first-order chi connectivity index (χ1) is 18.2. The summed E-state index contributed by atoms with van der Waals surface area (Å²) in [5, 5.41) is 0.705. The number of anilines is 1. The molecule has 1 heterocycles. The third-order valence-electron chi connectivity index (χ3n) is 6.43. The molecule has 10 heteroatoms. The second kappa shape index (κ2) is 11.8. The molecule has 0 aromatic heterocycles. The van der Waals surface area contributed by atoms with Crippen LogP contribution in [0.1, 0.15) is 22.6 Å². The summed E-state index contributed by atoms with van der Waals surface area (Å²) in [5.74, 6) is 0.985. The lowest BCUT2D eigenvalue weighted by atomic mass is 9.92. The van der Waals surface area contributed by atoms with Crippen molar-refractivity contribution in [1.82, 2.24) is 0 Å². The maximum atomic E-state index is 13.6. The second-order valence-electron chi connectivity index (χ2n) is 8.71. The Morgan fingerprint density at radius 2 is 1.39 bits per heavy atom. The van der Waals surface area contributed by atoms with Gasteiger partial charge in [-0.2, -0.15) is 0 Å². The molecule has 1 aliphatic rings. The zero-order chi connectivity index (χ0) is 27.6. The van der Waals surface area contributed by atoms with Gasteiger partial charge in [-0.3, -0.25) is 9.59 Å². The number of hydrogen-bond acceptors (Lipinski definition) is 6. The van der Waals surface area contributed by atoms with Crippen molar-refractivity contribution in [3.63, 3.8) is 0 Å². The summed E-state index contributed by atoms with van der Waals surface area (Å²) < 4.78 is 22.2. The number of rotatable bonds is 9. The van der Waals surface area contributed by atoms with Crippen LogP contribution in [0.4, 0.5) is 5.69 Å². The zero-order valence-corrected chi connectivity index (χ0v) is 24.4. The highest BCUT2D eigenvalue weighted by Crippen LogP contribution is 2.41. The first-order valence-corrected chi connectivity index (χ1v) is 13.2. The minimum absolute atomic E-state index is 0.0444.